The molecule has 0 saturated heterocycles. The summed E-state index contributed by atoms with van der Waals surface area (Å²) in [4.78, 5) is 14.5. The number of carbonyl (C=O) groups is 1. The Morgan fingerprint density at radius 3 is 3.00 bits per heavy atom. The van der Waals surface area contributed by atoms with Crippen LogP contribution in [0.5, 0.6) is 0 Å². The molecule has 0 saturated carbocycles. The molecule has 72 valence electrons. The normalized spacial score (nSPS) is 10.7. The molecule has 0 amide bonds. The van der Waals surface area contributed by atoms with E-state index in [-0.39, 0.29) is 5.82 Å². The molecule has 0 fully saturated rings. The fourth-order valence-corrected chi connectivity index (χ4v) is 1.50. The van der Waals surface area contributed by atoms with Gasteiger partial charge in [-0.1, -0.05) is 11.6 Å². The van der Waals surface area contributed by atoms with E-state index in [1.54, 1.807) is 12.3 Å². The maximum atomic E-state index is 10.7. The van der Waals surface area contributed by atoms with Crippen LogP contribution in [0.1, 0.15) is 16.2 Å². The lowest BCUT2D eigenvalue weighted by Crippen LogP contribution is -2.03. The predicted molar refractivity (Wildman–Crippen MR) is 51.9 cm³/mol. The van der Waals surface area contributed by atoms with Gasteiger partial charge in [0.05, 0.1) is 16.7 Å². The zero-order valence-electron chi connectivity index (χ0n) is 7.36. The number of carboxylic acids is 1. The van der Waals surface area contributed by atoms with Gasteiger partial charge in [-0.3, -0.25) is 4.40 Å². The van der Waals surface area contributed by atoms with Crippen LogP contribution in [0, 0.1) is 6.92 Å². The van der Waals surface area contributed by atoms with Crippen molar-refractivity contribution in [3.63, 3.8) is 0 Å². The largest absolute Gasteiger partial charge is 0.475 e. The van der Waals surface area contributed by atoms with E-state index in [0.29, 0.717) is 10.5 Å². The molecule has 1 N–H and O–H groups in total. The number of halogens is 1. The highest BCUT2D eigenvalue weighted by molar-refractivity contribution is 6.34. The molecular weight excluding hydrogens is 204 g/mol. The van der Waals surface area contributed by atoms with Crippen molar-refractivity contribution in [3.8, 4) is 0 Å². The lowest BCUT2D eigenvalue weighted by atomic mass is 10.3. The summed E-state index contributed by atoms with van der Waals surface area (Å²) in [5.74, 6) is -1.09. The average molecular weight is 211 g/mol. The van der Waals surface area contributed by atoms with Crippen molar-refractivity contribution in [2.45, 2.75) is 6.92 Å². The highest BCUT2D eigenvalue weighted by atomic mass is 35.5. The van der Waals surface area contributed by atoms with E-state index < -0.39 is 5.97 Å². The number of rotatable bonds is 1. The monoisotopic (exact) mass is 210 g/mol. The van der Waals surface area contributed by atoms with Crippen LogP contribution in [0.15, 0.2) is 18.5 Å². The summed E-state index contributed by atoms with van der Waals surface area (Å²) < 4.78 is 1.46. The fourth-order valence-electron chi connectivity index (χ4n) is 1.29. The number of carboxylic acid groups (broad SMARTS) is 1. The van der Waals surface area contributed by atoms with Gasteiger partial charge in [0.1, 0.15) is 0 Å². The van der Waals surface area contributed by atoms with Gasteiger partial charge in [0.2, 0.25) is 5.82 Å². The number of aryl methyl sites for hydroxylation is 1. The molecule has 0 unspecified atom stereocenters. The summed E-state index contributed by atoms with van der Waals surface area (Å²) in [5.41, 5.74) is 1.51. The molecule has 0 aliphatic carbocycles. The molecule has 0 aliphatic rings. The number of imidazole rings is 1. The van der Waals surface area contributed by atoms with Gasteiger partial charge in [-0.05, 0) is 18.6 Å². The van der Waals surface area contributed by atoms with E-state index in [1.807, 2.05) is 6.92 Å². The molecule has 2 aromatic rings. The highest BCUT2D eigenvalue weighted by Crippen LogP contribution is 2.22. The fraction of sp³-hybridized carbons (Fsp3) is 0.111. The first-order chi connectivity index (χ1) is 6.61. The van der Waals surface area contributed by atoms with Crippen LogP contribution in [-0.2, 0) is 0 Å². The number of aromatic carboxylic acids is 1. The molecule has 0 aliphatic heterocycles. The van der Waals surface area contributed by atoms with E-state index in [2.05, 4.69) is 4.98 Å². The van der Waals surface area contributed by atoms with Crippen LogP contribution in [-0.4, -0.2) is 20.5 Å². The Balaban J connectivity index is 2.83. The minimum atomic E-state index is -1.06. The molecule has 0 spiro atoms. The number of hydrogen-bond donors (Lipinski definition) is 1. The second-order valence-corrected chi connectivity index (χ2v) is 3.33. The third-order valence-corrected chi connectivity index (χ3v) is 2.52. The van der Waals surface area contributed by atoms with Crippen molar-refractivity contribution in [1.82, 2.24) is 9.38 Å². The molecule has 4 nitrogen and oxygen atoms in total. The van der Waals surface area contributed by atoms with E-state index in [0.717, 1.165) is 5.56 Å². The average Bonchev–Trinajstić information content (AvgIpc) is 2.55. The molecule has 2 heterocycles. The van der Waals surface area contributed by atoms with Crippen molar-refractivity contribution < 1.29 is 9.90 Å². The molecule has 0 radical (unpaired) electrons. The van der Waals surface area contributed by atoms with Crippen molar-refractivity contribution >= 4 is 23.1 Å². The van der Waals surface area contributed by atoms with Gasteiger partial charge in [0.25, 0.3) is 0 Å². The lowest BCUT2D eigenvalue weighted by Gasteiger charge is -2.01. The van der Waals surface area contributed by atoms with E-state index in [9.17, 15) is 4.79 Å². The summed E-state index contributed by atoms with van der Waals surface area (Å²) in [6.45, 7) is 1.86. The van der Waals surface area contributed by atoms with E-state index in [1.165, 1.54) is 10.6 Å². The third kappa shape index (κ3) is 1.15. The van der Waals surface area contributed by atoms with Gasteiger partial charge in [-0.25, -0.2) is 9.78 Å². The van der Waals surface area contributed by atoms with Crippen molar-refractivity contribution in [1.29, 1.82) is 0 Å². The number of nitrogens with zero attached hydrogens (tertiary/aromatic N) is 2. The summed E-state index contributed by atoms with van der Waals surface area (Å²) in [5, 5.41) is 9.34. The Morgan fingerprint density at radius 1 is 1.64 bits per heavy atom. The van der Waals surface area contributed by atoms with Gasteiger partial charge in [-0.2, -0.15) is 0 Å². The number of pyridine rings is 1. The van der Waals surface area contributed by atoms with Crippen LogP contribution in [0.4, 0.5) is 0 Å². The topological polar surface area (TPSA) is 54.6 Å². The molecule has 0 aromatic carbocycles. The van der Waals surface area contributed by atoms with Crippen molar-refractivity contribution in [2.24, 2.45) is 0 Å². The number of hydrogen-bond acceptors (Lipinski definition) is 2. The Kier molecular flexibility index (Phi) is 1.93. The molecule has 5 heteroatoms. The zero-order chi connectivity index (χ0) is 10.3. The molecule has 0 atom stereocenters. The summed E-state index contributed by atoms with van der Waals surface area (Å²) in [6.07, 6.45) is 3.10. The highest BCUT2D eigenvalue weighted by Gasteiger charge is 2.13. The number of fused-ring (bicyclic) bond motifs is 1. The van der Waals surface area contributed by atoms with Crippen LogP contribution in [0.25, 0.3) is 5.52 Å². The van der Waals surface area contributed by atoms with Gasteiger partial charge < -0.3 is 5.11 Å². The minimum Gasteiger partial charge on any atom is -0.475 e. The number of aromatic nitrogens is 2. The summed E-state index contributed by atoms with van der Waals surface area (Å²) in [6, 6.07) is 1.75. The second-order valence-electron chi connectivity index (χ2n) is 2.95. The second kappa shape index (κ2) is 2.99. The Bertz CT molecular complexity index is 519. The third-order valence-electron chi connectivity index (χ3n) is 2.03. The lowest BCUT2D eigenvalue weighted by molar-refractivity contribution is 0.0683. The van der Waals surface area contributed by atoms with E-state index >= 15 is 0 Å². The smallest absolute Gasteiger partial charge is 0.372 e. The van der Waals surface area contributed by atoms with Crippen LogP contribution >= 0.6 is 11.6 Å². The van der Waals surface area contributed by atoms with E-state index in [4.69, 9.17) is 16.7 Å². The van der Waals surface area contributed by atoms with Crippen LogP contribution < -0.4 is 0 Å². The SMILES string of the molecule is Cc1ccn2c(C(=O)O)ncc2c1Cl. The van der Waals surface area contributed by atoms with Crippen LogP contribution in [0.2, 0.25) is 5.02 Å². The van der Waals surface area contributed by atoms with Gasteiger partial charge in [0, 0.05) is 6.20 Å². The first-order valence-electron chi connectivity index (χ1n) is 3.96. The first-order valence-corrected chi connectivity index (χ1v) is 4.34. The quantitative estimate of drug-likeness (QED) is 0.783. The minimum absolute atomic E-state index is 0.0260. The molecule has 2 rings (SSSR count). The van der Waals surface area contributed by atoms with Crippen molar-refractivity contribution in [3.05, 3.63) is 34.9 Å². The predicted octanol–water partition coefficient (Wildman–Crippen LogP) is 1.99. The summed E-state index contributed by atoms with van der Waals surface area (Å²) >= 11 is 5.99. The summed E-state index contributed by atoms with van der Waals surface area (Å²) in [7, 11) is 0. The molecular formula is C9H7ClN2O2. The molecule has 0 bridgehead atoms. The van der Waals surface area contributed by atoms with Crippen LogP contribution in [0.3, 0.4) is 0 Å². The Hall–Kier alpha value is -1.55. The Labute approximate surface area is 84.8 Å². The zero-order valence-corrected chi connectivity index (χ0v) is 8.12. The maximum Gasteiger partial charge on any atom is 0.372 e. The first kappa shape index (κ1) is 9.02. The molecule has 2 aromatic heterocycles. The van der Waals surface area contributed by atoms with Gasteiger partial charge in [-0.15, -0.1) is 0 Å². The van der Waals surface area contributed by atoms with Crippen molar-refractivity contribution in [2.75, 3.05) is 0 Å². The van der Waals surface area contributed by atoms with Gasteiger partial charge in [0.15, 0.2) is 0 Å². The Morgan fingerprint density at radius 2 is 2.36 bits per heavy atom. The van der Waals surface area contributed by atoms with Gasteiger partial charge >= 0.3 is 5.97 Å². The standard InChI is InChI=1S/C9H7ClN2O2/c1-5-2-3-12-6(7(5)10)4-11-8(12)9(13)14/h2-4H,1H3,(H,13,14). The molecule has 14 heavy (non-hydrogen) atoms. The maximum absolute atomic E-state index is 10.7.